The second kappa shape index (κ2) is 3.89. The molecule has 0 amide bonds. The van der Waals surface area contributed by atoms with Gasteiger partial charge in [0.05, 0.1) is 0 Å². The van der Waals surface area contributed by atoms with E-state index in [4.69, 9.17) is 11.6 Å². The minimum Gasteiger partial charge on any atom is -0.298 e. The van der Waals surface area contributed by atoms with E-state index < -0.39 is 0 Å². The van der Waals surface area contributed by atoms with Crippen molar-refractivity contribution in [3.05, 3.63) is 34.9 Å². The summed E-state index contributed by atoms with van der Waals surface area (Å²) >= 11 is 5.85. The van der Waals surface area contributed by atoms with Crippen LogP contribution in [0.5, 0.6) is 0 Å². The van der Waals surface area contributed by atoms with Gasteiger partial charge < -0.3 is 0 Å². The van der Waals surface area contributed by atoms with Gasteiger partial charge in [-0.1, -0.05) is 44.5 Å². The zero-order valence-corrected chi connectivity index (χ0v) is 10.7. The lowest BCUT2D eigenvalue weighted by atomic mass is 9.82. The van der Waals surface area contributed by atoms with E-state index in [1.807, 2.05) is 24.3 Å². The SMILES string of the molecule is CC1CC(c2ccc(Cl)cc2)C(=O)C1(C)C. The van der Waals surface area contributed by atoms with E-state index in [0.29, 0.717) is 11.7 Å². The van der Waals surface area contributed by atoms with Crippen molar-refractivity contribution in [3.63, 3.8) is 0 Å². The van der Waals surface area contributed by atoms with E-state index in [-0.39, 0.29) is 11.3 Å². The van der Waals surface area contributed by atoms with Crippen molar-refractivity contribution in [1.29, 1.82) is 0 Å². The molecule has 0 aromatic heterocycles. The van der Waals surface area contributed by atoms with E-state index in [0.717, 1.165) is 17.0 Å². The largest absolute Gasteiger partial charge is 0.298 e. The maximum absolute atomic E-state index is 12.3. The van der Waals surface area contributed by atoms with Gasteiger partial charge in [0, 0.05) is 16.4 Å². The predicted octanol–water partition coefficient (Wildman–Crippen LogP) is 4.06. The van der Waals surface area contributed by atoms with Gasteiger partial charge in [0.25, 0.3) is 0 Å². The number of carbonyl (C=O) groups is 1. The third-order valence-electron chi connectivity index (χ3n) is 4.05. The molecule has 2 unspecified atom stereocenters. The van der Waals surface area contributed by atoms with Crippen molar-refractivity contribution in [1.82, 2.24) is 0 Å². The van der Waals surface area contributed by atoms with Crippen LogP contribution in [0.25, 0.3) is 0 Å². The Balaban J connectivity index is 2.31. The maximum Gasteiger partial charge on any atom is 0.146 e. The van der Waals surface area contributed by atoms with Gasteiger partial charge >= 0.3 is 0 Å². The van der Waals surface area contributed by atoms with Crippen LogP contribution in [0.2, 0.25) is 5.02 Å². The highest BCUT2D eigenvalue weighted by molar-refractivity contribution is 6.30. The van der Waals surface area contributed by atoms with Crippen LogP contribution in [0.3, 0.4) is 0 Å². The highest BCUT2D eigenvalue weighted by Crippen LogP contribution is 2.47. The quantitative estimate of drug-likeness (QED) is 0.719. The molecule has 1 nitrogen and oxygen atoms in total. The number of carbonyl (C=O) groups excluding carboxylic acids is 1. The van der Waals surface area contributed by atoms with E-state index in [9.17, 15) is 4.79 Å². The zero-order chi connectivity index (χ0) is 11.9. The van der Waals surface area contributed by atoms with Gasteiger partial charge in [-0.2, -0.15) is 0 Å². The average Bonchev–Trinajstić information content (AvgIpc) is 2.44. The van der Waals surface area contributed by atoms with Crippen LogP contribution < -0.4 is 0 Å². The Bertz CT molecular complexity index is 405. The van der Waals surface area contributed by atoms with E-state index in [1.54, 1.807) is 0 Å². The molecule has 1 aliphatic rings. The number of ketones is 1. The highest BCUT2D eigenvalue weighted by atomic mass is 35.5. The molecule has 2 rings (SSSR count). The Morgan fingerprint density at radius 3 is 2.25 bits per heavy atom. The monoisotopic (exact) mass is 236 g/mol. The first-order chi connectivity index (χ1) is 7.43. The number of rotatable bonds is 1. The molecule has 0 radical (unpaired) electrons. The van der Waals surface area contributed by atoms with Crippen molar-refractivity contribution in [2.75, 3.05) is 0 Å². The van der Waals surface area contributed by atoms with Gasteiger partial charge in [-0.15, -0.1) is 0 Å². The summed E-state index contributed by atoms with van der Waals surface area (Å²) in [6, 6.07) is 7.67. The second-order valence-corrected chi connectivity index (χ2v) is 5.76. The summed E-state index contributed by atoms with van der Waals surface area (Å²) < 4.78 is 0. The van der Waals surface area contributed by atoms with E-state index >= 15 is 0 Å². The van der Waals surface area contributed by atoms with Crippen LogP contribution in [0, 0.1) is 11.3 Å². The summed E-state index contributed by atoms with van der Waals surface area (Å²) in [6.07, 6.45) is 0.952. The molecular formula is C14H17ClO. The molecule has 0 heterocycles. The lowest BCUT2D eigenvalue weighted by Gasteiger charge is -2.21. The van der Waals surface area contributed by atoms with Crippen LogP contribution in [0.1, 0.15) is 38.7 Å². The number of hydrogen-bond acceptors (Lipinski definition) is 1. The van der Waals surface area contributed by atoms with Crippen LogP contribution in [0.4, 0.5) is 0 Å². The molecule has 0 bridgehead atoms. The minimum absolute atomic E-state index is 0.0577. The fourth-order valence-electron chi connectivity index (χ4n) is 2.43. The Labute approximate surface area is 102 Å². The number of Topliss-reactive ketones (excluding diaryl/α,β-unsaturated/α-hetero) is 1. The fourth-order valence-corrected chi connectivity index (χ4v) is 2.56. The first-order valence-corrected chi connectivity index (χ1v) is 6.10. The first-order valence-electron chi connectivity index (χ1n) is 5.72. The standard InChI is InChI=1S/C14H17ClO/c1-9-8-12(13(16)14(9,2)3)10-4-6-11(15)7-5-10/h4-7,9,12H,8H2,1-3H3. The van der Waals surface area contributed by atoms with Gasteiger partial charge in [-0.3, -0.25) is 4.79 Å². The minimum atomic E-state index is -0.190. The Morgan fingerprint density at radius 1 is 1.25 bits per heavy atom. The molecule has 86 valence electrons. The zero-order valence-electron chi connectivity index (χ0n) is 9.96. The first kappa shape index (κ1) is 11.7. The number of hydrogen-bond donors (Lipinski definition) is 0. The molecule has 0 spiro atoms. The molecule has 1 aromatic carbocycles. The predicted molar refractivity (Wildman–Crippen MR) is 66.8 cm³/mol. The number of halogens is 1. The van der Waals surface area contributed by atoms with Crippen molar-refractivity contribution < 1.29 is 4.79 Å². The molecular weight excluding hydrogens is 220 g/mol. The average molecular weight is 237 g/mol. The van der Waals surface area contributed by atoms with Gasteiger partial charge in [0.15, 0.2) is 0 Å². The summed E-state index contributed by atoms with van der Waals surface area (Å²) in [5.41, 5.74) is 0.913. The van der Waals surface area contributed by atoms with Gasteiger partial charge in [0.1, 0.15) is 5.78 Å². The lowest BCUT2D eigenvalue weighted by Crippen LogP contribution is -2.24. The summed E-state index contributed by atoms with van der Waals surface area (Å²) in [5, 5.41) is 0.724. The van der Waals surface area contributed by atoms with Crippen LogP contribution >= 0.6 is 11.6 Å². The Hall–Kier alpha value is -0.820. The highest BCUT2D eigenvalue weighted by Gasteiger charge is 2.46. The molecule has 16 heavy (non-hydrogen) atoms. The topological polar surface area (TPSA) is 17.1 Å². The normalized spacial score (nSPS) is 28.4. The lowest BCUT2D eigenvalue weighted by molar-refractivity contribution is -0.126. The molecule has 1 aliphatic carbocycles. The molecule has 0 saturated heterocycles. The van der Waals surface area contributed by atoms with Crippen molar-refractivity contribution in [2.24, 2.45) is 11.3 Å². The third-order valence-corrected chi connectivity index (χ3v) is 4.30. The van der Waals surface area contributed by atoms with Crippen molar-refractivity contribution in [3.8, 4) is 0 Å². The second-order valence-electron chi connectivity index (χ2n) is 5.33. The molecule has 1 saturated carbocycles. The van der Waals surface area contributed by atoms with Crippen molar-refractivity contribution in [2.45, 2.75) is 33.1 Å². The summed E-state index contributed by atoms with van der Waals surface area (Å²) in [5.74, 6) is 0.866. The molecule has 0 aliphatic heterocycles. The van der Waals surface area contributed by atoms with E-state index in [2.05, 4.69) is 20.8 Å². The van der Waals surface area contributed by atoms with E-state index in [1.165, 1.54) is 0 Å². The van der Waals surface area contributed by atoms with Gasteiger partial charge in [-0.25, -0.2) is 0 Å². The summed E-state index contributed by atoms with van der Waals surface area (Å²) in [6.45, 7) is 6.26. The van der Waals surface area contributed by atoms with Crippen molar-refractivity contribution >= 4 is 17.4 Å². The molecule has 2 heteroatoms. The summed E-state index contributed by atoms with van der Waals surface area (Å²) in [4.78, 5) is 12.3. The van der Waals surface area contributed by atoms with Gasteiger partial charge in [0.2, 0.25) is 0 Å². The smallest absolute Gasteiger partial charge is 0.146 e. The molecule has 1 aromatic rings. The van der Waals surface area contributed by atoms with Crippen LogP contribution in [-0.2, 0) is 4.79 Å². The molecule has 1 fully saturated rings. The third kappa shape index (κ3) is 1.78. The fraction of sp³-hybridized carbons (Fsp3) is 0.500. The van der Waals surface area contributed by atoms with Crippen LogP contribution in [0.15, 0.2) is 24.3 Å². The molecule has 0 N–H and O–H groups in total. The summed E-state index contributed by atoms with van der Waals surface area (Å²) in [7, 11) is 0. The Morgan fingerprint density at radius 2 is 1.81 bits per heavy atom. The Kier molecular flexibility index (Phi) is 2.83. The molecule has 2 atom stereocenters. The number of benzene rings is 1. The van der Waals surface area contributed by atoms with Gasteiger partial charge in [-0.05, 0) is 30.0 Å². The van der Waals surface area contributed by atoms with Crippen LogP contribution in [-0.4, -0.2) is 5.78 Å². The maximum atomic E-state index is 12.3.